The van der Waals surface area contributed by atoms with Crippen LogP contribution >= 0.6 is 0 Å². The number of methoxy groups -OCH3 is 1. The van der Waals surface area contributed by atoms with Crippen LogP contribution in [0.5, 0.6) is 0 Å². The topological polar surface area (TPSA) is 54.5 Å². The summed E-state index contributed by atoms with van der Waals surface area (Å²) in [7, 11) is 3.54. The maximum absolute atomic E-state index is 12.0. The van der Waals surface area contributed by atoms with E-state index in [9.17, 15) is 4.79 Å². The third-order valence-corrected chi connectivity index (χ3v) is 6.81. The highest BCUT2D eigenvalue weighted by atomic mass is 16.5. The molecule has 0 bridgehead atoms. The summed E-state index contributed by atoms with van der Waals surface area (Å²) in [4.78, 5) is 18.4. The van der Waals surface area contributed by atoms with E-state index in [0.29, 0.717) is 11.5 Å². The number of carbonyl (C=O) groups excluding carboxylic acids is 1. The minimum atomic E-state index is -0.348. The number of aryl methyl sites for hydroxylation is 1. The maximum atomic E-state index is 12.0. The first kappa shape index (κ1) is 20.6. The van der Waals surface area contributed by atoms with Crippen molar-refractivity contribution in [3.05, 3.63) is 83.2 Å². The standard InChI is InChI=1S/C27H29N3O2/c1-30(22-9-7-19(8-10-22)18-3-4-18)23-11-12-24-20(15-23)5-6-21(24)16-29-26-17-28-14-13-25(26)27(31)32-2/h7-15,17-18,21,29H,3-6,16H2,1-2H3/t21-/m1/s1. The molecule has 5 rings (SSSR count). The molecule has 0 spiro atoms. The van der Waals surface area contributed by atoms with Crippen LogP contribution in [0.3, 0.4) is 0 Å². The number of ether oxygens (including phenoxy) is 1. The van der Waals surface area contributed by atoms with Gasteiger partial charge in [0.15, 0.2) is 0 Å². The van der Waals surface area contributed by atoms with Crippen LogP contribution in [-0.2, 0) is 11.2 Å². The number of anilines is 3. The van der Waals surface area contributed by atoms with Gasteiger partial charge in [-0.1, -0.05) is 18.2 Å². The molecule has 0 saturated heterocycles. The fourth-order valence-corrected chi connectivity index (χ4v) is 4.71. The van der Waals surface area contributed by atoms with E-state index in [0.717, 1.165) is 31.0 Å². The number of rotatable bonds is 7. The number of esters is 1. The summed E-state index contributed by atoms with van der Waals surface area (Å²) in [6.45, 7) is 0.764. The second-order valence-electron chi connectivity index (χ2n) is 8.84. The Hall–Kier alpha value is -3.34. The van der Waals surface area contributed by atoms with Gasteiger partial charge in [-0.05, 0) is 78.6 Å². The molecule has 32 heavy (non-hydrogen) atoms. The lowest BCUT2D eigenvalue weighted by Gasteiger charge is -2.21. The lowest BCUT2D eigenvalue weighted by atomic mass is 10.0. The van der Waals surface area contributed by atoms with Gasteiger partial charge >= 0.3 is 5.97 Å². The van der Waals surface area contributed by atoms with Crippen molar-refractivity contribution >= 4 is 23.0 Å². The number of nitrogens with one attached hydrogen (secondary N) is 1. The van der Waals surface area contributed by atoms with Crippen LogP contribution in [0.25, 0.3) is 0 Å². The predicted octanol–water partition coefficient (Wildman–Crippen LogP) is 5.66. The van der Waals surface area contributed by atoms with Crippen LogP contribution in [0, 0.1) is 0 Å². The number of aromatic nitrogens is 1. The van der Waals surface area contributed by atoms with Crippen molar-refractivity contribution < 1.29 is 9.53 Å². The first-order valence-electron chi connectivity index (χ1n) is 11.4. The van der Waals surface area contributed by atoms with E-state index >= 15 is 0 Å². The number of fused-ring (bicyclic) bond motifs is 1. The molecule has 1 atom stereocenters. The number of pyridine rings is 1. The molecule has 1 aromatic heterocycles. The van der Waals surface area contributed by atoms with Gasteiger partial charge in [0.25, 0.3) is 0 Å². The Bertz CT molecular complexity index is 1120. The van der Waals surface area contributed by atoms with E-state index in [2.05, 4.69) is 64.7 Å². The zero-order valence-corrected chi connectivity index (χ0v) is 18.7. The molecule has 1 N–H and O–H groups in total. The molecule has 1 saturated carbocycles. The Morgan fingerprint density at radius 3 is 2.62 bits per heavy atom. The maximum Gasteiger partial charge on any atom is 0.340 e. The van der Waals surface area contributed by atoms with Crippen molar-refractivity contribution in [1.29, 1.82) is 0 Å². The van der Waals surface area contributed by atoms with Gasteiger partial charge in [0.2, 0.25) is 0 Å². The smallest absolute Gasteiger partial charge is 0.340 e. The summed E-state index contributed by atoms with van der Waals surface area (Å²) in [5.41, 5.74) is 7.95. The molecule has 2 aliphatic carbocycles. The highest BCUT2D eigenvalue weighted by Gasteiger charge is 2.25. The summed E-state index contributed by atoms with van der Waals surface area (Å²) in [6, 6.07) is 17.5. The molecule has 0 amide bonds. The minimum absolute atomic E-state index is 0.348. The molecule has 2 aromatic carbocycles. The number of hydrogen-bond donors (Lipinski definition) is 1. The summed E-state index contributed by atoms with van der Waals surface area (Å²) in [6.07, 6.45) is 8.14. The van der Waals surface area contributed by atoms with Crippen LogP contribution < -0.4 is 10.2 Å². The fraction of sp³-hybridized carbons (Fsp3) is 0.333. The molecule has 5 nitrogen and oxygen atoms in total. The van der Waals surface area contributed by atoms with E-state index in [4.69, 9.17) is 4.74 Å². The van der Waals surface area contributed by atoms with Crippen LogP contribution in [0.4, 0.5) is 17.1 Å². The lowest BCUT2D eigenvalue weighted by molar-refractivity contribution is 0.0601. The van der Waals surface area contributed by atoms with E-state index in [1.54, 1.807) is 18.5 Å². The number of carbonyl (C=O) groups is 1. The Morgan fingerprint density at radius 1 is 1.09 bits per heavy atom. The Morgan fingerprint density at radius 2 is 1.88 bits per heavy atom. The highest BCUT2D eigenvalue weighted by Crippen LogP contribution is 2.41. The molecule has 1 fully saturated rings. The van der Waals surface area contributed by atoms with Gasteiger partial charge < -0.3 is 15.0 Å². The average molecular weight is 428 g/mol. The molecule has 0 aliphatic heterocycles. The van der Waals surface area contributed by atoms with Crippen LogP contribution in [0.15, 0.2) is 60.9 Å². The van der Waals surface area contributed by atoms with Crippen molar-refractivity contribution in [2.75, 3.05) is 30.9 Å². The average Bonchev–Trinajstić information content (AvgIpc) is 3.62. The van der Waals surface area contributed by atoms with E-state index < -0.39 is 0 Å². The van der Waals surface area contributed by atoms with Crippen molar-refractivity contribution in [2.45, 2.75) is 37.5 Å². The second-order valence-corrected chi connectivity index (χ2v) is 8.84. The number of hydrogen-bond acceptors (Lipinski definition) is 5. The molecular formula is C27H29N3O2. The Labute approximate surface area is 189 Å². The first-order valence-corrected chi connectivity index (χ1v) is 11.4. The van der Waals surface area contributed by atoms with Gasteiger partial charge in [-0.15, -0.1) is 0 Å². The van der Waals surface area contributed by atoms with Gasteiger partial charge in [-0.2, -0.15) is 0 Å². The van der Waals surface area contributed by atoms with Gasteiger partial charge in [-0.25, -0.2) is 4.79 Å². The van der Waals surface area contributed by atoms with Gasteiger partial charge in [-0.3, -0.25) is 4.98 Å². The molecule has 3 aromatic rings. The molecule has 164 valence electrons. The van der Waals surface area contributed by atoms with Crippen molar-refractivity contribution in [1.82, 2.24) is 4.98 Å². The summed E-state index contributed by atoms with van der Waals surface area (Å²) in [5, 5.41) is 3.42. The van der Waals surface area contributed by atoms with Crippen molar-refractivity contribution in [2.24, 2.45) is 0 Å². The Balaban J connectivity index is 1.28. The summed E-state index contributed by atoms with van der Waals surface area (Å²) < 4.78 is 4.89. The molecule has 1 heterocycles. The van der Waals surface area contributed by atoms with Crippen molar-refractivity contribution in [3.63, 3.8) is 0 Å². The second kappa shape index (κ2) is 8.65. The number of nitrogens with zero attached hydrogens (tertiary/aromatic N) is 2. The molecular weight excluding hydrogens is 398 g/mol. The predicted molar refractivity (Wildman–Crippen MR) is 128 cm³/mol. The SMILES string of the molecule is COC(=O)c1ccncc1NC[C@H]1CCc2cc(N(C)c3ccc(C4CC4)cc3)ccc21. The zero-order chi connectivity index (χ0) is 22.1. The van der Waals surface area contributed by atoms with Crippen LogP contribution in [0.2, 0.25) is 0 Å². The Kier molecular flexibility index (Phi) is 5.56. The quantitative estimate of drug-likeness (QED) is 0.494. The van der Waals surface area contributed by atoms with Gasteiger partial charge in [0.1, 0.15) is 0 Å². The molecule has 0 radical (unpaired) electrons. The summed E-state index contributed by atoms with van der Waals surface area (Å²) in [5.74, 6) is 0.850. The van der Waals surface area contributed by atoms with Crippen molar-refractivity contribution in [3.8, 4) is 0 Å². The van der Waals surface area contributed by atoms with Gasteiger partial charge in [0.05, 0.1) is 24.6 Å². The highest BCUT2D eigenvalue weighted by molar-refractivity contribution is 5.95. The monoisotopic (exact) mass is 427 g/mol. The van der Waals surface area contributed by atoms with E-state index in [-0.39, 0.29) is 5.97 Å². The minimum Gasteiger partial charge on any atom is -0.465 e. The largest absolute Gasteiger partial charge is 0.465 e. The summed E-state index contributed by atoms with van der Waals surface area (Å²) >= 11 is 0. The zero-order valence-electron chi connectivity index (χ0n) is 18.7. The van der Waals surface area contributed by atoms with E-state index in [1.165, 1.54) is 48.0 Å². The van der Waals surface area contributed by atoms with Crippen LogP contribution in [0.1, 0.15) is 58.1 Å². The molecule has 0 unspecified atom stereocenters. The van der Waals surface area contributed by atoms with Crippen LogP contribution in [-0.4, -0.2) is 31.7 Å². The molecule has 5 heteroatoms. The third kappa shape index (κ3) is 4.07. The van der Waals surface area contributed by atoms with E-state index in [1.807, 2.05) is 0 Å². The van der Waals surface area contributed by atoms with Gasteiger partial charge in [0, 0.05) is 37.1 Å². The normalized spacial score (nSPS) is 17.0. The lowest BCUT2D eigenvalue weighted by Crippen LogP contribution is -2.14. The fourth-order valence-electron chi connectivity index (χ4n) is 4.71. The number of benzene rings is 2. The first-order chi connectivity index (χ1) is 15.6. The molecule has 2 aliphatic rings. The third-order valence-electron chi connectivity index (χ3n) is 6.81.